The van der Waals surface area contributed by atoms with E-state index in [1.807, 2.05) is 6.92 Å². The SMILES string of the molecule is CCNC(=O)C[C@@H]1S/C(=N/N=C(/C)c2ccc([N+](=O)[O-])cc2)NC1=O. The van der Waals surface area contributed by atoms with Crippen LogP contribution in [0.3, 0.4) is 0 Å². The first kappa shape index (κ1) is 18.6. The third-order valence-corrected chi connectivity index (χ3v) is 4.38. The van der Waals surface area contributed by atoms with E-state index in [0.717, 1.165) is 11.8 Å². The summed E-state index contributed by atoms with van der Waals surface area (Å²) in [6.07, 6.45) is 0.0778. The van der Waals surface area contributed by atoms with Crippen LogP contribution < -0.4 is 10.6 Å². The van der Waals surface area contributed by atoms with Gasteiger partial charge in [-0.15, -0.1) is 5.10 Å². The summed E-state index contributed by atoms with van der Waals surface area (Å²) in [4.78, 5) is 33.6. The van der Waals surface area contributed by atoms with Crippen molar-refractivity contribution < 1.29 is 14.5 Å². The van der Waals surface area contributed by atoms with E-state index in [2.05, 4.69) is 20.8 Å². The van der Waals surface area contributed by atoms with Crippen molar-refractivity contribution >= 4 is 40.1 Å². The number of nitro groups is 1. The van der Waals surface area contributed by atoms with Gasteiger partial charge < -0.3 is 10.6 Å². The van der Waals surface area contributed by atoms with Crippen molar-refractivity contribution in [3.8, 4) is 0 Å². The Morgan fingerprint density at radius 3 is 2.68 bits per heavy atom. The Hall–Kier alpha value is -2.75. The molecule has 0 bridgehead atoms. The highest BCUT2D eigenvalue weighted by molar-refractivity contribution is 8.15. The molecular formula is C15H17N5O4S. The molecule has 1 aliphatic heterocycles. The molecule has 2 rings (SSSR count). The van der Waals surface area contributed by atoms with Gasteiger partial charge in [0.15, 0.2) is 5.17 Å². The molecule has 1 aromatic rings. The first-order valence-electron chi connectivity index (χ1n) is 7.52. The molecule has 1 aromatic carbocycles. The van der Waals surface area contributed by atoms with Crippen molar-refractivity contribution in [2.45, 2.75) is 25.5 Å². The summed E-state index contributed by atoms with van der Waals surface area (Å²) in [5.74, 6) is -0.472. The Kier molecular flexibility index (Phi) is 6.23. The van der Waals surface area contributed by atoms with Crippen molar-refractivity contribution in [3.05, 3.63) is 39.9 Å². The number of carbonyl (C=O) groups is 2. The second-order valence-electron chi connectivity index (χ2n) is 5.15. The van der Waals surface area contributed by atoms with Crippen molar-refractivity contribution in [2.75, 3.05) is 6.54 Å². The molecule has 1 fully saturated rings. The van der Waals surface area contributed by atoms with Gasteiger partial charge in [0.2, 0.25) is 11.8 Å². The minimum absolute atomic E-state index is 0.00493. The predicted molar refractivity (Wildman–Crippen MR) is 95.6 cm³/mol. The Labute approximate surface area is 148 Å². The van der Waals surface area contributed by atoms with Gasteiger partial charge >= 0.3 is 0 Å². The average molecular weight is 363 g/mol. The number of thioether (sulfide) groups is 1. The molecule has 9 nitrogen and oxygen atoms in total. The second-order valence-corrected chi connectivity index (χ2v) is 6.34. The number of amidine groups is 1. The topological polar surface area (TPSA) is 126 Å². The fourth-order valence-electron chi connectivity index (χ4n) is 2.03. The molecular weight excluding hydrogens is 346 g/mol. The van der Waals surface area contributed by atoms with Crippen LogP contribution in [0.4, 0.5) is 5.69 Å². The molecule has 0 unspecified atom stereocenters. The van der Waals surface area contributed by atoms with Gasteiger partial charge in [0.25, 0.3) is 5.69 Å². The lowest BCUT2D eigenvalue weighted by atomic mass is 10.1. The molecule has 2 N–H and O–H groups in total. The quantitative estimate of drug-likeness (QED) is 0.449. The molecule has 0 aliphatic carbocycles. The number of amides is 2. The minimum Gasteiger partial charge on any atom is -0.356 e. The molecule has 0 radical (unpaired) electrons. The summed E-state index contributed by atoms with van der Waals surface area (Å²) >= 11 is 1.15. The molecule has 1 heterocycles. The summed E-state index contributed by atoms with van der Waals surface area (Å²) in [7, 11) is 0. The molecule has 1 aliphatic rings. The van der Waals surface area contributed by atoms with Gasteiger partial charge in [-0.2, -0.15) is 5.10 Å². The maximum Gasteiger partial charge on any atom is 0.269 e. The predicted octanol–water partition coefficient (Wildman–Crippen LogP) is 1.43. The fourth-order valence-corrected chi connectivity index (χ4v) is 2.94. The highest BCUT2D eigenvalue weighted by Gasteiger charge is 2.32. The molecule has 25 heavy (non-hydrogen) atoms. The standard InChI is InChI=1S/C15H17N5O4S/c1-3-16-13(21)8-12-14(22)17-15(25-12)19-18-9(2)10-4-6-11(7-5-10)20(23)24/h4-7,12H,3,8H2,1-2H3,(H,16,21)(H,17,19,22)/b18-9-/t12-/m0/s1. The number of rotatable bonds is 6. The third kappa shape index (κ3) is 5.11. The van der Waals surface area contributed by atoms with Crippen LogP contribution in [0.15, 0.2) is 34.5 Å². The fraction of sp³-hybridized carbons (Fsp3) is 0.333. The zero-order chi connectivity index (χ0) is 18.4. The van der Waals surface area contributed by atoms with Gasteiger partial charge in [-0.05, 0) is 31.5 Å². The first-order chi connectivity index (χ1) is 11.9. The Morgan fingerprint density at radius 1 is 1.40 bits per heavy atom. The lowest BCUT2D eigenvalue weighted by Crippen LogP contribution is -2.31. The van der Waals surface area contributed by atoms with E-state index in [1.165, 1.54) is 12.1 Å². The summed E-state index contributed by atoms with van der Waals surface area (Å²) in [6, 6.07) is 5.93. The number of carbonyl (C=O) groups excluding carboxylic acids is 2. The molecule has 1 atom stereocenters. The van der Waals surface area contributed by atoms with Crippen LogP contribution in [0, 0.1) is 10.1 Å². The van der Waals surface area contributed by atoms with Gasteiger partial charge in [0.05, 0.1) is 10.6 Å². The zero-order valence-electron chi connectivity index (χ0n) is 13.7. The molecule has 0 spiro atoms. The molecule has 1 saturated heterocycles. The molecule has 0 saturated carbocycles. The molecule has 0 aromatic heterocycles. The van der Waals surface area contributed by atoms with Crippen molar-refractivity contribution in [2.24, 2.45) is 10.2 Å². The van der Waals surface area contributed by atoms with Gasteiger partial charge in [-0.1, -0.05) is 11.8 Å². The van der Waals surface area contributed by atoms with Gasteiger partial charge in [-0.3, -0.25) is 19.7 Å². The van der Waals surface area contributed by atoms with E-state index in [4.69, 9.17) is 0 Å². The highest BCUT2D eigenvalue weighted by Crippen LogP contribution is 2.22. The smallest absolute Gasteiger partial charge is 0.269 e. The molecule has 132 valence electrons. The second kappa shape index (κ2) is 8.38. The third-order valence-electron chi connectivity index (χ3n) is 3.31. The number of nitro benzene ring substituents is 1. The Bertz CT molecular complexity index is 745. The van der Waals surface area contributed by atoms with Crippen molar-refractivity contribution in [1.82, 2.24) is 10.6 Å². The maximum absolute atomic E-state index is 11.8. The highest BCUT2D eigenvalue weighted by atomic mass is 32.2. The minimum atomic E-state index is -0.528. The largest absolute Gasteiger partial charge is 0.356 e. The first-order valence-corrected chi connectivity index (χ1v) is 8.40. The summed E-state index contributed by atoms with van der Waals surface area (Å²) in [6.45, 7) is 4.03. The normalized spacial score (nSPS) is 19.0. The van der Waals surface area contributed by atoms with Crippen LogP contribution >= 0.6 is 11.8 Å². The number of hydrogen-bond acceptors (Lipinski definition) is 7. The summed E-state index contributed by atoms with van der Waals surface area (Å²) < 4.78 is 0. The number of benzene rings is 1. The van der Waals surface area contributed by atoms with Crippen molar-refractivity contribution in [3.63, 3.8) is 0 Å². The van der Waals surface area contributed by atoms with Crippen LogP contribution in [0.1, 0.15) is 25.8 Å². The number of nitrogens with one attached hydrogen (secondary N) is 2. The zero-order valence-corrected chi connectivity index (χ0v) is 14.5. The van der Waals surface area contributed by atoms with E-state index < -0.39 is 10.2 Å². The maximum atomic E-state index is 11.8. The van der Waals surface area contributed by atoms with E-state index in [-0.39, 0.29) is 23.9 Å². The summed E-state index contributed by atoms with van der Waals surface area (Å²) in [5.41, 5.74) is 1.22. The summed E-state index contributed by atoms with van der Waals surface area (Å²) in [5, 5.41) is 23.7. The van der Waals surface area contributed by atoms with E-state index in [0.29, 0.717) is 23.0 Å². The Morgan fingerprint density at radius 2 is 2.08 bits per heavy atom. The number of nitrogens with zero attached hydrogens (tertiary/aromatic N) is 3. The molecule has 2 amide bonds. The van der Waals surface area contributed by atoms with Crippen LogP contribution in [-0.4, -0.2) is 39.4 Å². The van der Waals surface area contributed by atoms with Gasteiger partial charge in [-0.25, -0.2) is 0 Å². The van der Waals surface area contributed by atoms with E-state index >= 15 is 0 Å². The Balaban J connectivity index is 2.02. The van der Waals surface area contributed by atoms with Crippen LogP contribution in [-0.2, 0) is 9.59 Å². The van der Waals surface area contributed by atoms with Crippen molar-refractivity contribution in [1.29, 1.82) is 0 Å². The molecule has 10 heteroatoms. The lowest BCUT2D eigenvalue weighted by Gasteiger charge is -2.04. The lowest BCUT2D eigenvalue weighted by molar-refractivity contribution is -0.384. The van der Waals surface area contributed by atoms with E-state index in [1.54, 1.807) is 19.1 Å². The number of non-ortho nitro benzene ring substituents is 1. The van der Waals surface area contributed by atoms with Crippen LogP contribution in [0.2, 0.25) is 0 Å². The average Bonchev–Trinajstić information content (AvgIpc) is 2.92. The number of hydrogen-bond donors (Lipinski definition) is 2. The van der Waals surface area contributed by atoms with E-state index in [9.17, 15) is 19.7 Å². The van der Waals surface area contributed by atoms with Gasteiger partial charge in [0.1, 0.15) is 5.25 Å². The monoisotopic (exact) mass is 363 g/mol. The van der Waals surface area contributed by atoms with Gasteiger partial charge in [0, 0.05) is 25.1 Å². The van der Waals surface area contributed by atoms with Crippen LogP contribution in [0.25, 0.3) is 0 Å². The van der Waals surface area contributed by atoms with Crippen LogP contribution in [0.5, 0.6) is 0 Å².